The number of nitrogens with zero attached hydrogens (tertiary/aromatic N) is 1. The van der Waals surface area contributed by atoms with Crippen LogP contribution in [-0.2, 0) is 28.7 Å². The molecule has 1 fully saturated rings. The molecule has 2 aromatic rings. The van der Waals surface area contributed by atoms with Gasteiger partial charge in [-0.05, 0) is 61.2 Å². The summed E-state index contributed by atoms with van der Waals surface area (Å²) in [5.41, 5.74) is 3.85. The maximum absolute atomic E-state index is 11.7. The number of carbonyl (C=O) groups excluding carboxylic acids is 1. The van der Waals surface area contributed by atoms with Gasteiger partial charge in [0.1, 0.15) is 11.0 Å². The van der Waals surface area contributed by atoms with E-state index in [1.165, 1.54) is 27.9 Å². The van der Waals surface area contributed by atoms with Gasteiger partial charge in [-0.3, -0.25) is 4.79 Å². The van der Waals surface area contributed by atoms with Gasteiger partial charge in [-0.15, -0.1) is 11.3 Å². The fourth-order valence-corrected chi connectivity index (χ4v) is 4.63. The fourth-order valence-electron chi connectivity index (χ4n) is 3.30. The molecule has 0 radical (unpaired) electrons. The van der Waals surface area contributed by atoms with Crippen molar-refractivity contribution in [3.63, 3.8) is 0 Å². The molecular weight excluding hydrogens is 414 g/mol. The van der Waals surface area contributed by atoms with Crippen molar-refractivity contribution in [1.82, 2.24) is 5.32 Å². The van der Waals surface area contributed by atoms with Crippen molar-refractivity contribution in [3.05, 3.63) is 56.1 Å². The van der Waals surface area contributed by atoms with Gasteiger partial charge >= 0.3 is 0 Å². The highest BCUT2D eigenvalue weighted by Gasteiger charge is 2.23. The number of amides is 1. The second-order valence-electron chi connectivity index (χ2n) is 6.86. The second kappa shape index (κ2) is 9.80. The van der Waals surface area contributed by atoms with Crippen LogP contribution in [0.25, 0.3) is 6.08 Å². The normalized spacial score (nSPS) is 20.0. The maximum atomic E-state index is 11.7. The molecule has 28 heavy (non-hydrogen) atoms. The van der Waals surface area contributed by atoms with Crippen LogP contribution < -0.4 is 15.4 Å². The summed E-state index contributed by atoms with van der Waals surface area (Å²) in [6, 6.07) is 10.6. The number of hydrogen-bond acceptors (Lipinski definition) is 4. The fraction of sp³-hybridized carbons (Fsp3) is 0.350. The number of thiophene rings is 1. The Labute approximate surface area is 177 Å². The molecule has 8 heteroatoms. The quantitative estimate of drug-likeness (QED) is 0.765. The maximum Gasteiger partial charge on any atom is 0.227 e. The van der Waals surface area contributed by atoms with Gasteiger partial charge in [0.15, 0.2) is 0 Å². The molecule has 5 nitrogen and oxygen atoms in total. The third-order valence-corrected chi connectivity index (χ3v) is 6.30. The molecule has 1 saturated heterocycles. The van der Waals surface area contributed by atoms with Gasteiger partial charge in [0, 0.05) is 41.5 Å². The average molecular weight is 438 g/mol. The molecule has 1 aromatic carbocycles. The van der Waals surface area contributed by atoms with Gasteiger partial charge in [-0.25, -0.2) is 9.35 Å². The molecule has 3 N–H and O–H groups in total. The van der Waals surface area contributed by atoms with E-state index in [0.717, 1.165) is 36.5 Å². The van der Waals surface area contributed by atoms with E-state index < -0.39 is 11.0 Å². The Morgan fingerprint density at radius 3 is 2.79 bits per heavy atom. The zero-order chi connectivity index (χ0) is 20.1. The van der Waals surface area contributed by atoms with E-state index in [9.17, 15) is 9.00 Å². The first-order chi connectivity index (χ1) is 13.4. The van der Waals surface area contributed by atoms with Crippen molar-refractivity contribution < 1.29 is 9.00 Å². The van der Waals surface area contributed by atoms with Gasteiger partial charge < -0.3 is 10.2 Å². The highest BCUT2D eigenvalue weighted by molar-refractivity contribution is 7.85. The van der Waals surface area contributed by atoms with E-state index in [0.29, 0.717) is 16.8 Å². The lowest BCUT2D eigenvalue weighted by Crippen LogP contribution is -2.33. The van der Waals surface area contributed by atoms with E-state index in [2.05, 4.69) is 30.4 Å². The molecular formula is C20H24ClN3O2S2. The third kappa shape index (κ3) is 5.75. The number of rotatable bonds is 3. The van der Waals surface area contributed by atoms with Crippen molar-refractivity contribution in [2.75, 3.05) is 11.4 Å². The summed E-state index contributed by atoms with van der Waals surface area (Å²) in [6.45, 7) is 4.03. The van der Waals surface area contributed by atoms with E-state index >= 15 is 0 Å². The number of hydrogen-bond donors (Lipinski definition) is 2. The van der Waals surface area contributed by atoms with Gasteiger partial charge in [0.2, 0.25) is 5.91 Å². The topological polar surface area (TPSA) is 75.4 Å². The Bertz CT molecular complexity index is 897. The summed E-state index contributed by atoms with van der Waals surface area (Å²) in [5, 5.41) is 9.88. The number of benzene rings is 1. The zero-order valence-electron chi connectivity index (χ0n) is 15.7. The predicted molar refractivity (Wildman–Crippen MR) is 119 cm³/mol. The van der Waals surface area contributed by atoms with Crippen LogP contribution in [-0.4, -0.2) is 22.7 Å². The summed E-state index contributed by atoms with van der Waals surface area (Å²) < 4.78 is 11.1. The van der Waals surface area contributed by atoms with Crippen molar-refractivity contribution in [1.29, 1.82) is 0 Å². The highest BCUT2D eigenvalue weighted by Crippen LogP contribution is 2.26. The summed E-state index contributed by atoms with van der Waals surface area (Å²) >= 11 is 7.07. The molecule has 0 saturated carbocycles. The number of fused-ring (bicyclic) bond motifs is 1. The van der Waals surface area contributed by atoms with Crippen LogP contribution in [0.2, 0.25) is 4.34 Å². The lowest BCUT2D eigenvalue weighted by Gasteiger charge is -2.25. The number of nitrogens with one attached hydrogen (secondary N) is 1. The number of carbonyl (C=O) groups is 1. The molecule has 2 aliphatic heterocycles. The molecule has 2 atom stereocenters. The van der Waals surface area contributed by atoms with Gasteiger partial charge in [-0.2, -0.15) is 0 Å². The Balaban J connectivity index is 0.000000178. The van der Waals surface area contributed by atoms with Crippen LogP contribution in [0.1, 0.15) is 35.8 Å². The van der Waals surface area contributed by atoms with Crippen molar-refractivity contribution in [3.8, 4) is 0 Å². The minimum atomic E-state index is -1.37. The number of nitrogens with two attached hydrogens (primary N) is 1. The van der Waals surface area contributed by atoms with Crippen molar-refractivity contribution in [2.45, 2.75) is 38.8 Å². The van der Waals surface area contributed by atoms with E-state index in [-0.39, 0.29) is 5.91 Å². The van der Waals surface area contributed by atoms with Gasteiger partial charge in [0.25, 0.3) is 0 Å². The van der Waals surface area contributed by atoms with Crippen molar-refractivity contribution in [2.24, 2.45) is 5.14 Å². The predicted octanol–water partition coefficient (Wildman–Crippen LogP) is 3.84. The van der Waals surface area contributed by atoms with Crippen LogP contribution in [0, 0.1) is 0 Å². The second-order valence-corrected chi connectivity index (χ2v) is 9.54. The smallest absolute Gasteiger partial charge is 0.227 e. The van der Waals surface area contributed by atoms with Crippen LogP contribution in [0.5, 0.6) is 0 Å². The molecule has 3 heterocycles. The zero-order valence-corrected chi connectivity index (χ0v) is 18.1. The Kier molecular flexibility index (Phi) is 7.42. The lowest BCUT2D eigenvalue weighted by molar-refractivity contribution is -0.117. The Hall–Kier alpha value is -1.51. The summed E-state index contributed by atoms with van der Waals surface area (Å²) in [5.74, 6) is 0.270. The number of anilines is 1. The molecule has 2 unspecified atom stereocenters. The molecule has 4 rings (SSSR count). The molecule has 150 valence electrons. The van der Waals surface area contributed by atoms with E-state index in [1.54, 1.807) is 12.1 Å². The minimum absolute atomic E-state index is 0.270. The van der Waals surface area contributed by atoms with E-state index in [4.69, 9.17) is 16.7 Å². The van der Waals surface area contributed by atoms with Crippen molar-refractivity contribution >= 4 is 51.6 Å². The summed E-state index contributed by atoms with van der Waals surface area (Å²) in [4.78, 5) is 14.6. The average Bonchev–Trinajstić information content (AvgIpc) is 3.28. The first kappa shape index (κ1) is 21.2. The number of halogens is 1. The summed E-state index contributed by atoms with van der Waals surface area (Å²) in [7, 11) is -1.37. The third-order valence-electron chi connectivity index (χ3n) is 4.70. The van der Waals surface area contributed by atoms with Crippen LogP contribution in [0.15, 0.2) is 35.7 Å². The molecule has 2 aliphatic rings. The van der Waals surface area contributed by atoms with Gasteiger partial charge in [-0.1, -0.05) is 17.7 Å². The van der Waals surface area contributed by atoms with Gasteiger partial charge in [0.05, 0.1) is 4.34 Å². The Morgan fingerprint density at radius 2 is 2.14 bits per heavy atom. The molecule has 0 aliphatic carbocycles. The minimum Gasteiger partial charge on any atom is -0.312 e. The highest BCUT2D eigenvalue weighted by atomic mass is 35.5. The SMILES string of the molecule is CC1Cc2cc(N3CCCC3=O)ccc2CN1.NS(=O)/C=C/c1ccc(Cl)s1. The first-order valence-electron chi connectivity index (χ1n) is 9.16. The Morgan fingerprint density at radius 1 is 1.32 bits per heavy atom. The van der Waals surface area contributed by atoms with Crippen LogP contribution >= 0.6 is 22.9 Å². The monoisotopic (exact) mass is 437 g/mol. The standard InChI is InChI=1S/C14H18N2O.C6H6ClNOS2/c1-10-7-12-8-13(5-4-11(12)9-15-10)16-6-2-3-14(16)17;7-6-2-1-5(10-6)3-4-11(8)9/h4-5,8,10,15H,2-3,6-7,9H2,1H3;1-4H,8H2/b;4-3+. The van der Waals surface area contributed by atoms with E-state index in [1.807, 2.05) is 11.0 Å². The molecule has 1 amide bonds. The van der Waals surface area contributed by atoms with Crippen LogP contribution in [0.4, 0.5) is 5.69 Å². The largest absolute Gasteiger partial charge is 0.312 e. The molecule has 0 spiro atoms. The lowest BCUT2D eigenvalue weighted by atomic mass is 9.96. The molecule has 1 aromatic heterocycles. The first-order valence-corrected chi connectivity index (χ1v) is 11.6. The molecule has 0 bridgehead atoms. The van der Waals surface area contributed by atoms with Crippen LogP contribution in [0.3, 0.4) is 0 Å². The summed E-state index contributed by atoms with van der Waals surface area (Å²) in [6.07, 6.45) is 4.45.